The minimum absolute atomic E-state index is 0.0112. The van der Waals surface area contributed by atoms with Gasteiger partial charge in [0.05, 0.1) is 11.8 Å². The van der Waals surface area contributed by atoms with Gasteiger partial charge in [-0.2, -0.15) is 0 Å². The molecular weight excluding hydrogens is 392 g/mol. The van der Waals surface area contributed by atoms with Crippen molar-refractivity contribution in [3.63, 3.8) is 0 Å². The van der Waals surface area contributed by atoms with Crippen molar-refractivity contribution in [1.29, 1.82) is 0 Å². The fourth-order valence-electron chi connectivity index (χ4n) is 3.58. The van der Waals surface area contributed by atoms with Gasteiger partial charge in [-0.15, -0.1) is 11.3 Å². The number of likely N-dealkylation sites (tertiary alicyclic amines) is 1. The van der Waals surface area contributed by atoms with Gasteiger partial charge in [-0.05, 0) is 61.0 Å². The van der Waals surface area contributed by atoms with Crippen LogP contribution in [0.5, 0.6) is 0 Å². The van der Waals surface area contributed by atoms with Gasteiger partial charge in [0.1, 0.15) is 0 Å². The second-order valence-corrected chi connectivity index (χ2v) is 10.8. The molecule has 3 rings (SSSR count). The molecule has 1 aromatic carbocycles. The van der Waals surface area contributed by atoms with Crippen LogP contribution in [0.1, 0.15) is 46.6 Å². The Hall–Kier alpha value is -1.70. The van der Waals surface area contributed by atoms with Crippen molar-refractivity contribution in [2.24, 2.45) is 5.92 Å². The first-order valence-corrected chi connectivity index (χ1v) is 12.6. The summed E-state index contributed by atoms with van der Waals surface area (Å²) in [7, 11) is -3.08. The van der Waals surface area contributed by atoms with Crippen LogP contribution in [0.2, 0.25) is 0 Å². The second-order valence-electron chi connectivity index (χ2n) is 7.73. The van der Waals surface area contributed by atoms with Crippen molar-refractivity contribution < 1.29 is 13.2 Å². The summed E-state index contributed by atoms with van der Waals surface area (Å²) in [5, 5.41) is 5.15. The van der Waals surface area contributed by atoms with Crippen LogP contribution in [0.3, 0.4) is 0 Å². The zero-order chi connectivity index (χ0) is 20.1. The minimum Gasteiger partial charge on any atom is -0.350 e. The molecule has 152 valence electrons. The Kier molecular flexibility index (Phi) is 6.91. The maximum atomic E-state index is 12.6. The van der Waals surface area contributed by atoms with Gasteiger partial charge in [0.25, 0.3) is 5.91 Å². The highest BCUT2D eigenvalue weighted by molar-refractivity contribution is 7.89. The molecule has 1 aromatic heterocycles. The molecule has 1 saturated heterocycles. The van der Waals surface area contributed by atoms with E-state index in [1.807, 2.05) is 0 Å². The number of nitrogens with zero attached hydrogens (tertiary/aromatic N) is 1. The summed E-state index contributed by atoms with van der Waals surface area (Å²) in [5.74, 6) is 0.626. The molecular formula is C21H28N2O3S2. The van der Waals surface area contributed by atoms with Crippen molar-refractivity contribution in [1.82, 2.24) is 10.2 Å². The Labute approximate surface area is 171 Å². The Morgan fingerprint density at radius 3 is 2.46 bits per heavy atom. The summed E-state index contributed by atoms with van der Waals surface area (Å²) in [5.41, 5.74) is 1.24. The van der Waals surface area contributed by atoms with Crippen LogP contribution in [-0.4, -0.2) is 45.1 Å². The quantitative estimate of drug-likeness (QED) is 0.745. The first kappa shape index (κ1) is 21.0. The van der Waals surface area contributed by atoms with Crippen LogP contribution in [0, 0.1) is 5.92 Å². The van der Waals surface area contributed by atoms with E-state index in [0.29, 0.717) is 17.7 Å². The van der Waals surface area contributed by atoms with Crippen LogP contribution in [0.25, 0.3) is 0 Å². The van der Waals surface area contributed by atoms with E-state index >= 15 is 0 Å². The smallest absolute Gasteiger partial charge is 0.251 e. The fraction of sp³-hybridized carbons (Fsp3) is 0.476. The van der Waals surface area contributed by atoms with E-state index in [1.165, 1.54) is 24.0 Å². The van der Waals surface area contributed by atoms with E-state index in [-0.39, 0.29) is 17.7 Å². The molecule has 0 bridgehead atoms. The van der Waals surface area contributed by atoms with Crippen LogP contribution in [-0.2, 0) is 15.6 Å². The van der Waals surface area contributed by atoms with Crippen molar-refractivity contribution in [2.45, 2.75) is 31.6 Å². The number of sulfone groups is 1. The second kappa shape index (κ2) is 9.20. The van der Waals surface area contributed by atoms with E-state index in [2.05, 4.69) is 34.7 Å². The number of hydrogen-bond donors (Lipinski definition) is 1. The molecule has 1 aliphatic rings. The van der Waals surface area contributed by atoms with E-state index in [1.54, 1.807) is 35.6 Å². The minimum atomic E-state index is -3.08. The van der Waals surface area contributed by atoms with Gasteiger partial charge in [-0.1, -0.05) is 25.1 Å². The fourth-order valence-corrected chi connectivity index (χ4v) is 5.24. The lowest BCUT2D eigenvalue weighted by Gasteiger charge is -2.36. The van der Waals surface area contributed by atoms with Gasteiger partial charge in [-0.3, -0.25) is 9.69 Å². The summed E-state index contributed by atoms with van der Waals surface area (Å²) >= 11 is 1.73. The molecule has 0 radical (unpaired) electrons. The van der Waals surface area contributed by atoms with Gasteiger partial charge in [-0.25, -0.2) is 8.42 Å². The van der Waals surface area contributed by atoms with Gasteiger partial charge in [0, 0.05) is 23.2 Å². The Bertz CT molecular complexity index is 869. The molecule has 5 nitrogen and oxygen atoms in total. The third kappa shape index (κ3) is 5.90. The third-order valence-electron chi connectivity index (χ3n) is 5.23. The standard InChI is InChI=1S/C21H28N2O3S2/c1-16-9-11-23(12-10-16)19(20-4-3-13-27-20)14-22-21(24)18-7-5-17(6-8-18)15-28(2,25)26/h3-8,13,16,19H,9-12,14-15H2,1-2H3,(H,22,24). The van der Waals surface area contributed by atoms with Crippen LogP contribution < -0.4 is 5.32 Å². The normalized spacial score (nSPS) is 17.4. The molecule has 0 spiro atoms. The maximum Gasteiger partial charge on any atom is 0.251 e. The topological polar surface area (TPSA) is 66.5 Å². The van der Waals surface area contributed by atoms with Gasteiger partial charge in [0.2, 0.25) is 0 Å². The molecule has 1 atom stereocenters. The zero-order valence-corrected chi connectivity index (χ0v) is 18.1. The highest BCUT2D eigenvalue weighted by Gasteiger charge is 2.25. The van der Waals surface area contributed by atoms with Crippen molar-refractivity contribution in [2.75, 3.05) is 25.9 Å². The zero-order valence-electron chi connectivity index (χ0n) is 16.4. The highest BCUT2D eigenvalue weighted by Crippen LogP contribution is 2.29. The Morgan fingerprint density at radius 2 is 1.89 bits per heavy atom. The Morgan fingerprint density at radius 1 is 1.21 bits per heavy atom. The number of benzene rings is 1. The first-order valence-electron chi connectivity index (χ1n) is 9.64. The van der Waals surface area contributed by atoms with Crippen molar-refractivity contribution in [3.05, 3.63) is 57.8 Å². The predicted octanol–water partition coefficient (Wildman–Crippen LogP) is 3.50. The average molecular weight is 421 g/mol. The molecule has 2 aromatic rings. The molecule has 7 heteroatoms. The van der Waals surface area contributed by atoms with Crippen LogP contribution in [0.15, 0.2) is 41.8 Å². The lowest BCUT2D eigenvalue weighted by Crippen LogP contribution is -2.41. The molecule has 0 aliphatic carbocycles. The van der Waals surface area contributed by atoms with Gasteiger partial charge in [0.15, 0.2) is 9.84 Å². The third-order valence-corrected chi connectivity index (χ3v) is 7.06. The lowest BCUT2D eigenvalue weighted by atomic mass is 9.97. The largest absolute Gasteiger partial charge is 0.350 e. The molecule has 1 unspecified atom stereocenters. The molecule has 1 aliphatic heterocycles. The number of nitrogens with one attached hydrogen (secondary N) is 1. The first-order chi connectivity index (χ1) is 13.3. The van der Waals surface area contributed by atoms with Crippen LogP contribution in [0.4, 0.5) is 0 Å². The van der Waals surface area contributed by atoms with Crippen LogP contribution >= 0.6 is 11.3 Å². The number of carbonyl (C=O) groups is 1. The molecule has 2 heterocycles. The van der Waals surface area contributed by atoms with Crippen molar-refractivity contribution in [3.8, 4) is 0 Å². The van der Waals surface area contributed by atoms with Gasteiger partial charge >= 0.3 is 0 Å². The lowest BCUT2D eigenvalue weighted by molar-refractivity contribution is 0.0915. The highest BCUT2D eigenvalue weighted by atomic mass is 32.2. The number of amides is 1. The predicted molar refractivity (Wildman–Crippen MR) is 114 cm³/mol. The van der Waals surface area contributed by atoms with E-state index < -0.39 is 9.84 Å². The molecule has 1 N–H and O–H groups in total. The number of carbonyl (C=O) groups excluding carboxylic acids is 1. The van der Waals surface area contributed by atoms with E-state index in [9.17, 15) is 13.2 Å². The Balaban J connectivity index is 1.63. The molecule has 0 saturated carbocycles. The number of hydrogen-bond acceptors (Lipinski definition) is 5. The summed E-state index contributed by atoms with van der Waals surface area (Å²) in [6, 6.07) is 11.2. The van der Waals surface area contributed by atoms with Gasteiger partial charge < -0.3 is 5.32 Å². The number of piperidine rings is 1. The van der Waals surface area contributed by atoms with E-state index in [0.717, 1.165) is 19.0 Å². The summed E-state index contributed by atoms with van der Waals surface area (Å²) < 4.78 is 22.8. The number of thiophene rings is 1. The summed E-state index contributed by atoms with van der Waals surface area (Å²) in [6.07, 6.45) is 3.59. The number of rotatable bonds is 7. The molecule has 1 amide bonds. The molecule has 28 heavy (non-hydrogen) atoms. The molecule has 1 fully saturated rings. The SMILES string of the molecule is CC1CCN(C(CNC(=O)c2ccc(CS(C)(=O)=O)cc2)c2cccs2)CC1. The summed E-state index contributed by atoms with van der Waals surface area (Å²) in [6.45, 7) is 4.98. The average Bonchev–Trinajstić information content (AvgIpc) is 3.17. The monoisotopic (exact) mass is 420 g/mol. The summed E-state index contributed by atoms with van der Waals surface area (Å²) in [4.78, 5) is 16.4. The maximum absolute atomic E-state index is 12.6. The van der Waals surface area contributed by atoms with Crippen molar-refractivity contribution >= 4 is 27.1 Å². The van der Waals surface area contributed by atoms with E-state index in [4.69, 9.17) is 0 Å².